The number of hydrogen-bond acceptors (Lipinski definition) is 6. The molecule has 0 bridgehead atoms. The summed E-state index contributed by atoms with van der Waals surface area (Å²) in [6.07, 6.45) is -0.180. The number of anilines is 1. The highest BCUT2D eigenvalue weighted by Crippen LogP contribution is 2.27. The van der Waals surface area contributed by atoms with E-state index in [9.17, 15) is 9.59 Å². The second-order valence-corrected chi connectivity index (χ2v) is 23.6. The summed E-state index contributed by atoms with van der Waals surface area (Å²) in [5.74, 6) is -0.593. The zero-order valence-corrected chi connectivity index (χ0v) is 31.9. The van der Waals surface area contributed by atoms with Crippen LogP contribution in [0.15, 0.2) is 72.8 Å². The smallest absolute Gasteiger partial charge is 0.247 e. The van der Waals surface area contributed by atoms with Crippen molar-refractivity contribution in [3.63, 3.8) is 0 Å². The van der Waals surface area contributed by atoms with Crippen LogP contribution in [0.4, 0.5) is 5.69 Å². The molecule has 0 radical (unpaired) electrons. The molecule has 0 aliphatic rings. The molecule has 0 aliphatic heterocycles. The Hall–Kier alpha value is -2.27. The van der Waals surface area contributed by atoms with Crippen molar-refractivity contribution in [1.82, 2.24) is 5.32 Å². The average Bonchev–Trinajstić information content (AvgIpc) is 2.97. The molecule has 0 unspecified atom stereocenters. The van der Waals surface area contributed by atoms with E-state index in [1.165, 1.54) is 0 Å². The Bertz CT molecular complexity index is 1420. The van der Waals surface area contributed by atoms with Crippen LogP contribution in [-0.2, 0) is 18.4 Å². The van der Waals surface area contributed by atoms with Gasteiger partial charge >= 0.3 is 0 Å². The summed E-state index contributed by atoms with van der Waals surface area (Å²) in [6.45, 7) is 15.6. The molecule has 2 amide bonds. The SMILES string of the molecule is C[C@@H](c1ccccc1)[C@H](NC(=O)[C@H](N)c1ccc(OC[C@@H](CO[Si](C)(C)C)O[Si](C)(C)C)cc1)C(=O)Nc1ccc(I)cc1Cl. The van der Waals surface area contributed by atoms with Gasteiger partial charge in [-0.2, -0.15) is 0 Å². The van der Waals surface area contributed by atoms with Crippen molar-refractivity contribution < 1.29 is 23.2 Å². The van der Waals surface area contributed by atoms with E-state index in [0.717, 1.165) is 9.13 Å². The van der Waals surface area contributed by atoms with Gasteiger partial charge in [0.1, 0.15) is 30.5 Å². The molecule has 4 atom stereocenters. The molecule has 3 rings (SSSR count). The van der Waals surface area contributed by atoms with Crippen molar-refractivity contribution in [1.29, 1.82) is 0 Å². The van der Waals surface area contributed by atoms with Crippen molar-refractivity contribution in [2.75, 3.05) is 18.5 Å². The Morgan fingerprint density at radius 2 is 1.51 bits per heavy atom. The second kappa shape index (κ2) is 16.5. The predicted molar refractivity (Wildman–Crippen MR) is 196 cm³/mol. The lowest BCUT2D eigenvalue weighted by atomic mass is 9.92. The molecular formula is C33H45ClIN3O5Si2. The van der Waals surface area contributed by atoms with Gasteiger partial charge in [-0.15, -0.1) is 0 Å². The fourth-order valence-electron chi connectivity index (χ4n) is 4.48. The Labute approximate surface area is 288 Å². The molecule has 0 aliphatic carbocycles. The third kappa shape index (κ3) is 12.5. The number of rotatable bonds is 15. The van der Waals surface area contributed by atoms with Gasteiger partial charge in [-0.3, -0.25) is 9.59 Å². The van der Waals surface area contributed by atoms with Gasteiger partial charge < -0.3 is 30.0 Å². The summed E-state index contributed by atoms with van der Waals surface area (Å²) in [7, 11) is -3.52. The number of amides is 2. The van der Waals surface area contributed by atoms with E-state index in [4.69, 9.17) is 30.9 Å². The van der Waals surface area contributed by atoms with Gasteiger partial charge in [-0.05, 0) is 103 Å². The van der Waals surface area contributed by atoms with Crippen molar-refractivity contribution in [3.05, 3.63) is 92.5 Å². The molecule has 12 heteroatoms. The molecular weight excluding hydrogens is 737 g/mol. The highest BCUT2D eigenvalue weighted by molar-refractivity contribution is 14.1. The molecule has 3 aromatic rings. The summed E-state index contributed by atoms with van der Waals surface area (Å²) >= 11 is 8.53. The van der Waals surface area contributed by atoms with Crippen LogP contribution in [0, 0.1) is 3.57 Å². The molecule has 0 fully saturated rings. The fourth-order valence-corrected chi connectivity index (χ4v) is 7.21. The monoisotopic (exact) mass is 781 g/mol. The van der Waals surface area contributed by atoms with E-state index in [-0.39, 0.29) is 12.0 Å². The molecule has 0 spiro atoms. The number of hydrogen-bond donors (Lipinski definition) is 3. The van der Waals surface area contributed by atoms with Crippen molar-refractivity contribution in [2.24, 2.45) is 5.73 Å². The summed E-state index contributed by atoms with van der Waals surface area (Å²) in [6, 6.07) is 20.0. The van der Waals surface area contributed by atoms with E-state index in [1.54, 1.807) is 36.4 Å². The van der Waals surface area contributed by atoms with E-state index >= 15 is 0 Å². The molecule has 0 heterocycles. The van der Waals surface area contributed by atoms with E-state index in [0.29, 0.717) is 35.2 Å². The molecule has 0 saturated carbocycles. The van der Waals surface area contributed by atoms with Crippen LogP contribution in [0.2, 0.25) is 44.3 Å². The van der Waals surface area contributed by atoms with E-state index in [1.807, 2.05) is 43.3 Å². The maximum atomic E-state index is 13.6. The van der Waals surface area contributed by atoms with E-state index in [2.05, 4.69) is 72.5 Å². The first-order chi connectivity index (χ1) is 21.0. The number of carbonyl (C=O) groups is 2. The summed E-state index contributed by atoms with van der Waals surface area (Å²) < 4.78 is 19.4. The third-order valence-corrected chi connectivity index (χ3v) is 9.83. The first-order valence-electron chi connectivity index (χ1n) is 14.9. The van der Waals surface area contributed by atoms with Crippen LogP contribution in [0.25, 0.3) is 0 Å². The number of benzene rings is 3. The van der Waals surface area contributed by atoms with Crippen LogP contribution in [0.3, 0.4) is 0 Å². The van der Waals surface area contributed by atoms with Crippen LogP contribution < -0.4 is 21.1 Å². The first-order valence-corrected chi connectivity index (χ1v) is 23.2. The molecule has 3 aromatic carbocycles. The van der Waals surface area contributed by atoms with Crippen LogP contribution in [-0.4, -0.2) is 53.8 Å². The lowest BCUT2D eigenvalue weighted by Gasteiger charge is -2.29. The second-order valence-electron chi connectivity index (χ2n) is 12.9. The summed E-state index contributed by atoms with van der Waals surface area (Å²) in [4.78, 5) is 27.0. The Morgan fingerprint density at radius 1 is 0.867 bits per heavy atom. The zero-order chi connectivity index (χ0) is 33.4. The summed E-state index contributed by atoms with van der Waals surface area (Å²) in [5, 5.41) is 6.18. The zero-order valence-electron chi connectivity index (χ0n) is 27.0. The van der Waals surface area contributed by atoms with Crippen LogP contribution in [0.1, 0.15) is 30.0 Å². The fraction of sp³-hybridized carbons (Fsp3) is 0.394. The number of halogens is 2. The number of carbonyl (C=O) groups excluding carboxylic acids is 2. The van der Waals surface area contributed by atoms with Gasteiger partial charge in [0, 0.05) is 9.49 Å². The van der Waals surface area contributed by atoms with Crippen molar-refractivity contribution in [3.8, 4) is 5.75 Å². The quantitative estimate of drug-likeness (QED) is 0.110. The standard InChI is InChI=1S/C33H45ClIN3O5Si2/c1-22(23-11-9-8-10-12-23)31(33(40)37-29-18-15-25(35)19-28(29)34)38-32(39)30(36)24-13-16-26(17-14-24)41-20-27(43-45(5,6)7)21-42-44(2,3)4/h8-19,22,27,30-31H,20-21,36H2,1-7H3,(H,37,40)(H,38,39)/t22-,27-,30+,31-/m0/s1. The molecule has 0 saturated heterocycles. The number of ether oxygens (including phenoxy) is 1. The Balaban J connectivity index is 1.71. The third-order valence-electron chi connectivity index (χ3n) is 6.77. The largest absolute Gasteiger partial charge is 0.491 e. The topological polar surface area (TPSA) is 112 Å². The van der Waals surface area contributed by atoms with Gasteiger partial charge in [0.15, 0.2) is 16.6 Å². The van der Waals surface area contributed by atoms with Crippen molar-refractivity contribution in [2.45, 2.75) is 70.3 Å². The molecule has 0 aromatic heterocycles. The summed E-state index contributed by atoms with van der Waals surface area (Å²) in [5.41, 5.74) is 8.35. The maximum Gasteiger partial charge on any atom is 0.247 e. The minimum atomic E-state index is -1.81. The Morgan fingerprint density at radius 3 is 2.09 bits per heavy atom. The molecule has 4 N–H and O–H groups in total. The molecule has 244 valence electrons. The van der Waals surface area contributed by atoms with Gasteiger partial charge in [0.25, 0.3) is 0 Å². The van der Waals surface area contributed by atoms with Gasteiger partial charge in [-0.25, -0.2) is 0 Å². The highest BCUT2D eigenvalue weighted by atomic mass is 127. The van der Waals surface area contributed by atoms with Crippen LogP contribution >= 0.6 is 34.2 Å². The van der Waals surface area contributed by atoms with Crippen LogP contribution in [0.5, 0.6) is 5.75 Å². The maximum absolute atomic E-state index is 13.6. The minimum absolute atomic E-state index is 0.180. The first kappa shape index (κ1) is 37.2. The minimum Gasteiger partial charge on any atom is -0.491 e. The van der Waals surface area contributed by atoms with Gasteiger partial charge in [0.2, 0.25) is 11.8 Å². The number of nitrogens with two attached hydrogens (primary N) is 1. The van der Waals surface area contributed by atoms with Crippen molar-refractivity contribution >= 4 is 68.3 Å². The average molecular weight is 782 g/mol. The number of nitrogens with one attached hydrogen (secondary N) is 2. The highest BCUT2D eigenvalue weighted by Gasteiger charge is 2.31. The normalized spacial score (nSPS) is 14.6. The lowest BCUT2D eigenvalue weighted by Crippen LogP contribution is -2.49. The van der Waals surface area contributed by atoms with Gasteiger partial charge in [-0.1, -0.05) is 61.0 Å². The van der Waals surface area contributed by atoms with Gasteiger partial charge in [0.05, 0.1) is 17.3 Å². The van der Waals surface area contributed by atoms with E-state index < -0.39 is 40.5 Å². The molecule has 8 nitrogen and oxygen atoms in total. The molecule has 45 heavy (non-hydrogen) atoms. The lowest BCUT2D eigenvalue weighted by molar-refractivity contribution is -0.127. The predicted octanol–water partition coefficient (Wildman–Crippen LogP) is 7.32. The Kier molecular flexibility index (Phi) is 13.7.